The predicted octanol–water partition coefficient (Wildman–Crippen LogP) is 1.25. The van der Waals surface area contributed by atoms with Crippen molar-refractivity contribution in [3.8, 4) is 0 Å². The standard InChI is InChI=1S/C16H28N2O4/c1-3-11(2)22-10-15(19)17-13-6-14(7-13)18(9-16(20)21)8-12-4-5-12/h11-14H,3-10H2,1-2H3,(H,17,19)(H,20,21). The first-order valence-corrected chi connectivity index (χ1v) is 8.34. The summed E-state index contributed by atoms with van der Waals surface area (Å²) in [5.74, 6) is -0.164. The first kappa shape index (κ1) is 17.2. The minimum absolute atomic E-state index is 0.0734. The first-order chi connectivity index (χ1) is 10.5. The Morgan fingerprint density at radius 3 is 2.59 bits per heavy atom. The number of rotatable bonds is 10. The van der Waals surface area contributed by atoms with Crippen LogP contribution in [0.5, 0.6) is 0 Å². The second kappa shape index (κ2) is 7.92. The van der Waals surface area contributed by atoms with Crippen LogP contribution in [0.4, 0.5) is 0 Å². The Bertz CT molecular complexity index is 392. The van der Waals surface area contributed by atoms with E-state index in [2.05, 4.69) is 10.2 Å². The van der Waals surface area contributed by atoms with Crippen molar-refractivity contribution in [1.29, 1.82) is 0 Å². The Morgan fingerprint density at radius 1 is 1.36 bits per heavy atom. The summed E-state index contributed by atoms with van der Waals surface area (Å²) in [6.45, 7) is 5.08. The molecule has 2 rings (SSSR count). The maximum absolute atomic E-state index is 11.8. The van der Waals surface area contributed by atoms with Gasteiger partial charge in [-0.1, -0.05) is 6.92 Å². The van der Waals surface area contributed by atoms with Crippen LogP contribution in [0.3, 0.4) is 0 Å². The summed E-state index contributed by atoms with van der Waals surface area (Å²) in [4.78, 5) is 24.8. The maximum Gasteiger partial charge on any atom is 0.317 e. The van der Waals surface area contributed by atoms with E-state index < -0.39 is 5.97 Å². The molecule has 2 aliphatic rings. The molecule has 0 aromatic heterocycles. The third-order valence-electron chi connectivity index (χ3n) is 4.60. The molecule has 0 radical (unpaired) electrons. The van der Waals surface area contributed by atoms with Crippen molar-refractivity contribution in [2.24, 2.45) is 5.92 Å². The predicted molar refractivity (Wildman–Crippen MR) is 82.6 cm³/mol. The Kier molecular flexibility index (Phi) is 6.20. The zero-order chi connectivity index (χ0) is 16.1. The van der Waals surface area contributed by atoms with Crippen LogP contribution >= 0.6 is 0 Å². The average molecular weight is 312 g/mol. The summed E-state index contributed by atoms with van der Waals surface area (Å²) in [5.41, 5.74) is 0. The summed E-state index contributed by atoms with van der Waals surface area (Å²) in [6.07, 6.45) is 5.12. The number of carbonyl (C=O) groups is 2. The van der Waals surface area contributed by atoms with E-state index in [4.69, 9.17) is 9.84 Å². The minimum Gasteiger partial charge on any atom is -0.480 e. The number of nitrogens with zero attached hydrogens (tertiary/aromatic N) is 1. The van der Waals surface area contributed by atoms with Gasteiger partial charge in [0.15, 0.2) is 0 Å². The summed E-state index contributed by atoms with van der Waals surface area (Å²) in [5, 5.41) is 12.0. The summed E-state index contributed by atoms with van der Waals surface area (Å²) >= 11 is 0. The van der Waals surface area contributed by atoms with E-state index in [0.717, 1.165) is 25.8 Å². The van der Waals surface area contributed by atoms with E-state index >= 15 is 0 Å². The molecule has 2 fully saturated rings. The highest BCUT2D eigenvalue weighted by molar-refractivity contribution is 5.77. The van der Waals surface area contributed by atoms with Gasteiger partial charge in [0.1, 0.15) is 6.61 Å². The molecule has 6 nitrogen and oxygen atoms in total. The number of aliphatic carboxylic acids is 1. The highest BCUT2D eigenvalue weighted by Crippen LogP contribution is 2.33. The van der Waals surface area contributed by atoms with Crippen LogP contribution in [-0.2, 0) is 14.3 Å². The summed E-state index contributed by atoms with van der Waals surface area (Å²) in [7, 11) is 0. The van der Waals surface area contributed by atoms with Gasteiger partial charge in [0, 0.05) is 18.6 Å². The number of hydrogen-bond donors (Lipinski definition) is 2. The number of carboxylic acids is 1. The number of hydrogen-bond acceptors (Lipinski definition) is 4. The van der Waals surface area contributed by atoms with E-state index in [9.17, 15) is 9.59 Å². The highest BCUT2D eigenvalue weighted by atomic mass is 16.5. The third kappa shape index (κ3) is 5.57. The number of carboxylic acid groups (broad SMARTS) is 1. The molecule has 0 spiro atoms. The lowest BCUT2D eigenvalue weighted by Gasteiger charge is -2.42. The fourth-order valence-corrected chi connectivity index (χ4v) is 2.76. The molecular weight excluding hydrogens is 284 g/mol. The third-order valence-corrected chi connectivity index (χ3v) is 4.60. The number of carbonyl (C=O) groups excluding carboxylic acids is 1. The molecule has 2 aliphatic carbocycles. The van der Waals surface area contributed by atoms with Crippen molar-refractivity contribution in [2.75, 3.05) is 19.7 Å². The van der Waals surface area contributed by atoms with Crippen LogP contribution in [0.15, 0.2) is 0 Å². The topological polar surface area (TPSA) is 78.9 Å². The minimum atomic E-state index is -0.768. The molecule has 1 amide bonds. The molecule has 6 heteroatoms. The summed E-state index contributed by atoms with van der Waals surface area (Å²) in [6, 6.07) is 0.450. The smallest absolute Gasteiger partial charge is 0.317 e. The molecule has 0 bridgehead atoms. The second-order valence-electron chi connectivity index (χ2n) is 6.69. The van der Waals surface area contributed by atoms with Gasteiger partial charge < -0.3 is 15.2 Å². The first-order valence-electron chi connectivity index (χ1n) is 8.34. The normalized spacial score (nSPS) is 25.6. The van der Waals surface area contributed by atoms with Crippen molar-refractivity contribution in [3.63, 3.8) is 0 Å². The van der Waals surface area contributed by atoms with Crippen LogP contribution in [0, 0.1) is 5.92 Å². The van der Waals surface area contributed by atoms with E-state index in [-0.39, 0.29) is 37.2 Å². The van der Waals surface area contributed by atoms with E-state index in [1.165, 1.54) is 12.8 Å². The molecule has 0 saturated heterocycles. The fraction of sp³-hybridized carbons (Fsp3) is 0.875. The molecule has 0 heterocycles. The fourth-order valence-electron chi connectivity index (χ4n) is 2.76. The Labute approximate surface area is 132 Å². The monoisotopic (exact) mass is 312 g/mol. The quantitative estimate of drug-likeness (QED) is 0.634. The average Bonchev–Trinajstić information content (AvgIpc) is 3.22. The summed E-state index contributed by atoms with van der Waals surface area (Å²) < 4.78 is 5.41. The Balaban J connectivity index is 1.66. The lowest BCUT2D eigenvalue weighted by Crippen LogP contribution is -2.55. The van der Waals surface area contributed by atoms with Gasteiger partial charge >= 0.3 is 5.97 Å². The Hall–Kier alpha value is -1.14. The van der Waals surface area contributed by atoms with E-state index in [0.29, 0.717) is 5.92 Å². The van der Waals surface area contributed by atoms with Gasteiger partial charge in [-0.25, -0.2) is 0 Å². The number of ether oxygens (including phenoxy) is 1. The largest absolute Gasteiger partial charge is 0.480 e. The van der Waals surface area contributed by atoms with Gasteiger partial charge in [-0.3, -0.25) is 14.5 Å². The lowest BCUT2D eigenvalue weighted by atomic mass is 9.85. The van der Waals surface area contributed by atoms with Gasteiger partial charge in [-0.15, -0.1) is 0 Å². The molecular formula is C16H28N2O4. The van der Waals surface area contributed by atoms with Crippen LogP contribution in [0.2, 0.25) is 0 Å². The molecule has 2 N–H and O–H groups in total. The molecule has 0 aromatic carbocycles. The SMILES string of the molecule is CCC(C)OCC(=O)NC1CC(N(CC(=O)O)CC2CC2)C1. The number of amides is 1. The van der Waals surface area contributed by atoms with E-state index in [1.54, 1.807) is 0 Å². The van der Waals surface area contributed by atoms with Crippen molar-refractivity contribution in [3.05, 3.63) is 0 Å². The van der Waals surface area contributed by atoms with Gasteiger partial charge in [0.25, 0.3) is 0 Å². The zero-order valence-corrected chi connectivity index (χ0v) is 13.6. The van der Waals surface area contributed by atoms with Crippen LogP contribution in [0.25, 0.3) is 0 Å². The lowest BCUT2D eigenvalue weighted by molar-refractivity contribution is -0.140. The molecule has 0 aliphatic heterocycles. The molecule has 22 heavy (non-hydrogen) atoms. The zero-order valence-electron chi connectivity index (χ0n) is 13.6. The van der Waals surface area contributed by atoms with Crippen molar-refractivity contribution in [1.82, 2.24) is 10.2 Å². The molecule has 0 aromatic rings. The van der Waals surface area contributed by atoms with Crippen molar-refractivity contribution >= 4 is 11.9 Å². The van der Waals surface area contributed by atoms with Crippen LogP contribution < -0.4 is 5.32 Å². The van der Waals surface area contributed by atoms with Crippen molar-refractivity contribution in [2.45, 2.75) is 64.1 Å². The van der Waals surface area contributed by atoms with Crippen molar-refractivity contribution < 1.29 is 19.4 Å². The second-order valence-corrected chi connectivity index (χ2v) is 6.69. The number of nitrogens with one attached hydrogen (secondary N) is 1. The molecule has 1 atom stereocenters. The van der Waals surface area contributed by atoms with Gasteiger partial charge in [-0.2, -0.15) is 0 Å². The van der Waals surface area contributed by atoms with Crippen LogP contribution in [-0.4, -0.2) is 59.8 Å². The Morgan fingerprint density at radius 2 is 2.05 bits per heavy atom. The van der Waals surface area contributed by atoms with Gasteiger partial charge in [0.2, 0.25) is 5.91 Å². The maximum atomic E-state index is 11.8. The molecule has 126 valence electrons. The van der Waals surface area contributed by atoms with Crippen LogP contribution in [0.1, 0.15) is 46.0 Å². The van der Waals surface area contributed by atoms with Gasteiger partial charge in [0.05, 0.1) is 12.6 Å². The molecule has 1 unspecified atom stereocenters. The molecule has 2 saturated carbocycles. The van der Waals surface area contributed by atoms with E-state index in [1.807, 2.05) is 13.8 Å². The highest BCUT2D eigenvalue weighted by Gasteiger charge is 2.37. The van der Waals surface area contributed by atoms with Gasteiger partial charge in [-0.05, 0) is 44.9 Å².